The summed E-state index contributed by atoms with van der Waals surface area (Å²) in [7, 11) is 0. The summed E-state index contributed by atoms with van der Waals surface area (Å²) < 4.78 is 0. The maximum atomic E-state index is 6.41. The molecule has 0 saturated carbocycles. The SMILES string of the molecule is C[Si](Cl)(Cl)C1CCC=C(C2=CCCCCC2)CC1. The van der Waals surface area contributed by atoms with E-state index in [0.717, 1.165) is 0 Å². The molecule has 0 aliphatic heterocycles. The summed E-state index contributed by atoms with van der Waals surface area (Å²) in [5.41, 5.74) is 3.80. The largest absolute Gasteiger partial charge is 0.251 e. The van der Waals surface area contributed by atoms with Crippen molar-refractivity contribution in [3.63, 3.8) is 0 Å². The van der Waals surface area contributed by atoms with Gasteiger partial charge in [-0.2, -0.15) is 0 Å². The molecular formula is C15H24Cl2Si. The van der Waals surface area contributed by atoms with Crippen LogP contribution in [0.4, 0.5) is 0 Å². The molecule has 0 aromatic rings. The van der Waals surface area contributed by atoms with Gasteiger partial charge in [-0.1, -0.05) is 18.6 Å². The van der Waals surface area contributed by atoms with E-state index in [1.807, 2.05) is 0 Å². The van der Waals surface area contributed by atoms with Crippen molar-refractivity contribution >= 4 is 28.9 Å². The van der Waals surface area contributed by atoms with Crippen molar-refractivity contribution in [3.05, 3.63) is 23.3 Å². The molecule has 18 heavy (non-hydrogen) atoms. The lowest BCUT2D eigenvalue weighted by Gasteiger charge is -2.22. The highest BCUT2D eigenvalue weighted by Crippen LogP contribution is 2.41. The first-order valence-corrected chi connectivity index (χ1v) is 11.9. The van der Waals surface area contributed by atoms with Crippen LogP contribution in [0.1, 0.15) is 57.8 Å². The Morgan fingerprint density at radius 2 is 1.67 bits per heavy atom. The Morgan fingerprint density at radius 3 is 2.44 bits per heavy atom. The Morgan fingerprint density at radius 1 is 0.944 bits per heavy atom. The monoisotopic (exact) mass is 302 g/mol. The Balaban J connectivity index is 1.99. The molecule has 3 heteroatoms. The quantitative estimate of drug-likeness (QED) is 0.415. The second-order valence-electron chi connectivity index (χ2n) is 5.83. The van der Waals surface area contributed by atoms with E-state index >= 15 is 0 Å². The summed E-state index contributed by atoms with van der Waals surface area (Å²) >= 11 is 12.8. The van der Waals surface area contributed by atoms with E-state index in [1.165, 1.54) is 57.8 Å². The fourth-order valence-corrected chi connectivity index (χ4v) is 5.77. The van der Waals surface area contributed by atoms with Crippen LogP contribution in [-0.2, 0) is 0 Å². The molecule has 2 aliphatic rings. The van der Waals surface area contributed by atoms with E-state index in [9.17, 15) is 0 Å². The number of rotatable bonds is 2. The summed E-state index contributed by atoms with van der Waals surface area (Å²) in [6, 6.07) is 0. The van der Waals surface area contributed by atoms with Crippen LogP contribution in [0, 0.1) is 0 Å². The number of allylic oxidation sites excluding steroid dienone is 4. The summed E-state index contributed by atoms with van der Waals surface area (Å²) in [6.07, 6.45) is 16.4. The summed E-state index contributed by atoms with van der Waals surface area (Å²) in [6.45, 7) is 0.0941. The van der Waals surface area contributed by atoms with E-state index in [0.29, 0.717) is 5.54 Å². The molecule has 0 saturated heterocycles. The first kappa shape index (κ1) is 14.7. The van der Waals surface area contributed by atoms with Gasteiger partial charge >= 0.3 is 0 Å². The minimum absolute atomic E-state index is 0.570. The summed E-state index contributed by atoms with van der Waals surface area (Å²) in [4.78, 5) is 0. The molecule has 0 radical (unpaired) electrons. The zero-order valence-electron chi connectivity index (χ0n) is 11.4. The van der Waals surface area contributed by atoms with Gasteiger partial charge in [0, 0.05) is 0 Å². The van der Waals surface area contributed by atoms with Crippen molar-refractivity contribution in [3.8, 4) is 0 Å². The van der Waals surface area contributed by atoms with Gasteiger partial charge in [0.05, 0.1) is 0 Å². The molecule has 0 amide bonds. The van der Waals surface area contributed by atoms with Gasteiger partial charge in [0.25, 0.3) is 6.69 Å². The molecule has 0 aromatic heterocycles. The van der Waals surface area contributed by atoms with Crippen molar-refractivity contribution in [2.45, 2.75) is 69.9 Å². The van der Waals surface area contributed by atoms with Crippen LogP contribution in [0.3, 0.4) is 0 Å². The second-order valence-corrected chi connectivity index (χ2v) is 13.8. The lowest BCUT2D eigenvalue weighted by Crippen LogP contribution is -2.22. The minimum atomic E-state index is -1.99. The van der Waals surface area contributed by atoms with Gasteiger partial charge in [-0.25, -0.2) is 0 Å². The van der Waals surface area contributed by atoms with E-state index in [1.54, 1.807) is 11.1 Å². The predicted octanol–water partition coefficient (Wildman–Crippen LogP) is 6.30. The molecule has 0 spiro atoms. The third kappa shape index (κ3) is 4.14. The van der Waals surface area contributed by atoms with Crippen LogP contribution < -0.4 is 0 Å². The van der Waals surface area contributed by atoms with Crippen LogP contribution in [0.2, 0.25) is 12.1 Å². The van der Waals surface area contributed by atoms with Gasteiger partial charge in [-0.05, 0) is 74.6 Å². The first-order valence-electron chi connectivity index (χ1n) is 7.33. The lowest BCUT2D eigenvalue weighted by atomic mass is 9.97. The standard InChI is InChI=1S/C15H24Cl2Si/c1-18(16,17)15-10-6-9-14(11-12-15)13-7-4-2-3-5-8-13/h7,9,15H,2-6,8,10-12H2,1H3. The van der Waals surface area contributed by atoms with Gasteiger partial charge in [-0.15, -0.1) is 22.2 Å². The Bertz CT molecular complexity index is 339. The van der Waals surface area contributed by atoms with E-state index in [2.05, 4.69) is 18.7 Å². The lowest BCUT2D eigenvalue weighted by molar-refractivity contribution is 0.690. The van der Waals surface area contributed by atoms with Crippen LogP contribution in [0.25, 0.3) is 0 Å². The fraction of sp³-hybridized carbons (Fsp3) is 0.733. The molecule has 1 atom stereocenters. The Hall–Kier alpha value is 0.277. The topological polar surface area (TPSA) is 0 Å². The third-order valence-corrected chi connectivity index (χ3v) is 8.20. The smallest absolute Gasteiger partial charge is 0.146 e. The molecule has 0 nitrogen and oxygen atoms in total. The average Bonchev–Trinajstić information content (AvgIpc) is 2.70. The van der Waals surface area contributed by atoms with Crippen molar-refractivity contribution < 1.29 is 0 Å². The number of halogens is 2. The van der Waals surface area contributed by atoms with Crippen molar-refractivity contribution in [1.29, 1.82) is 0 Å². The number of hydrogen-bond acceptors (Lipinski definition) is 0. The average molecular weight is 303 g/mol. The minimum Gasteiger partial charge on any atom is -0.146 e. The Kier molecular flexibility index (Phi) is 5.41. The molecular weight excluding hydrogens is 279 g/mol. The van der Waals surface area contributed by atoms with Crippen molar-refractivity contribution in [2.24, 2.45) is 0 Å². The molecule has 1 unspecified atom stereocenters. The first-order chi connectivity index (χ1) is 8.57. The predicted molar refractivity (Wildman–Crippen MR) is 84.8 cm³/mol. The highest BCUT2D eigenvalue weighted by molar-refractivity contribution is 7.45. The third-order valence-electron chi connectivity index (χ3n) is 4.34. The molecule has 0 heterocycles. The van der Waals surface area contributed by atoms with E-state index in [4.69, 9.17) is 22.2 Å². The van der Waals surface area contributed by atoms with Crippen LogP contribution in [-0.4, -0.2) is 6.69 Å². The second kappa shape index (κ2) is 6.63. The van der Waals surface area contributed by atoms with Crippen LogP contribution >= 0.6 is 22.2 Å². The van der Waals surface area contributed by atoms with Gasteiger partial charge in [0.1, 0.15) is 0 Å². The van der Waals surface area contributed by atoms with Gasteiger partial charge in [-0.3, -0.25) is 0 Å². The van der Waals surface area contributed by atoms with Crippen molar-refractivity contribution in [1.82, 2.24) is 0 Å². The summed E-state index contributed by atoms with van der Waals surface area (Å²) in [5, 5.41) is 0. The molecule has 2 aliphatic carbocycles. The fourth-order valence-electron chi connectivity index (χ4n) is 3.14. The maximum Gasteiger partial charge on any atom is 0.251 e. The van der Waals surface area contributed by atoms with Crippen molar-refractivity contribution in [2.75, 3.05) is 0 Å². The maximum absolute atomic E-state index is 6.41. The molecule has 2 rings (SSSR count). The molecule has 0 N–H and O–H groups in total. The molecule has 0 fully saturated rings. The summed E-state index contributed by atoms with van der Waals surface area (Å²) in [5.74, 6) is 0. The Labute approximate surface area is 122 Å². The van der Waals surface area contributed by atoms with E-state index < -0.39 is 6.69 Å². The van der Waals surface area contributed by atoms with Gasteiger partial charge in [0.2, 0.25) is 0 Å². The van der Waals surface area contributed by atoms with Gasteiger partial charge < -0.3 is 0 Å². The zero-order chi connectivity index (χ0) is 13.0. The number of hydrogen-bond donors (Lipinski definition) is 0. The van der Waals surface area contributed by atoms with E-state index in [-0.39, 0.29) is 0 Å². The van der Waals surface area contributed by atoms with Gasteiger partial charge in [0.15, 0.2) is 0 Å². The molecule has 102 valence electrons. The van der Waals surface area contributed by atoms with Crippen LogP contribution in [0.5, 0.6) is 0 Å². The zero-order valence-corrected chi connectivity index (χ0v) is 13.9. The van der Waals surface area contributed by atoms with Crippen LogP contribution in [0.15, 0.2) is 23.3 Å². The molecule has 0 bridgehead atoms. The normalized spacial score (nSPS) is 26.9. The highest BCUT2D eigenvalue weighted by atomic mass is 35.7. The molecule has 0 aromatic carbocycles. The highest BCUT2D eigenvalue weighted by Gasteiger charge is 2.33.